The van der Waals surface area contributed by atoms with E-state index in [1.807, 2.05) is 6.08 Å². The van der Waals surface area contributed by atoms with Crippen LogP contribution in [0.5, 0.6) is 0 Å². The zero-order valence-corrected chi connectivity index (χ0v) is 17.1. The summed E-state index contributed by atoms with van der Waals surface area (Å²) in [6.07, 6.45) is 3.74. The van der Waals surface area contributed by atoms with Gasteiger partial charge in [-0.15, -0.1) is 6.58 Å². The van der Waals surface area contributed by atoms with E-state index in [4.69, 9.17) is 18.9 Å². The number of rotatable bonds is 3. The quantitative estimate of drug-likeness (QED) is 0.443. The van der Waals surface area contributed by atoms with Gasteiger partial charge >= 0.3 is 5.97 Å². The van der Waals surface area contributed by atoms with Gasteiger partial charge in [-0.05, 0) is 36.7 Å². The topological polar surface area (TPSA) is 84.1 Å². The van der Waals surface area contributed by atoms with Gasteiger partial charge in [0.05, 0.1) is 6.10 Å². The Labute approximate surface area is 170 Å². The first kappa shape index (κ1) is 17.5. The van der Waals surface area contributed by atoms with Crippen molar-refractivity contribution in [2.75, 3.05) is 0 Å². The molecule has 2 saturated carbocycles. The highest BCUT2D eigenvalue weighted by atomic mass is 16.7. The first-order valence-corrected chi connectivity index (χ1v) is 11.1. The summed E-state index contributed by atoms with van der Waals surface area (Å²) in [5.41, 5.74) is 0.0392. The van der Waals surface area contributed by atoms with Gasteiger partial charge in [0.2, 0.25) is 0 Å². The monoisotopic (exact) mass is 400 g/mol. The Morgan fingerprint density at radius 1 is 1.28 bits per heavy atom. The molecule has 10 atom stereocenters. The number of fused-ring (bicyclic) bond motifs is 4. The number of carbonyl (C=O) groups is 1. The van der Waals surface area contributed by atoms with Gasteiger partial charge in [-0.1, -0.05) is 26.8 Å². The van der Waals surface area contributed by atoms with Crippen LogP contribution >= 0.6 is 0 Å². The summed E-state index contributed by atoms with van der Waals surface area (Å²) in [5.74, 6) is 0.194. The molecule has 3 saturated heterocycles. The molecule has 2 spiro atoms. The summed E-state index contributed by atoms with van der Waals surface area (Å²) < 4.78 is 24.9. The fraction of sp³-hybridized carbons (Fsp3) is 0.783. The molecule has 6 heteroatoms. The van der Waals surface area contributed by atoms with Crippen molar-refractivity contribution >= 4 is 5.97 Å². The van der Waals surface area contributed by atoms with Gasteiger partial charge < -0.3 is 24.1 Å². The van der Waals surface area contributed by atoms with E-state index in [0.717, 1.165) is 24.0 Å². The first-order valence-electron chi connectivity index (χ1n) is 11.1. The number of carbonyl (C=O) groups excluding carboxylic acids is 1. The molecule has 29 heavy (non-hydrogen) atoms. The number of cyclic esters (lactones) is 1. The Morgan fingerprint density at radius 2 is 2.07 bits per heavy atom. The molecule has 4 aliphatic heterocycles. The molecule has 0 aromatic carbocycles. The predicted octanol–water partition coefficient (Wildman–Crippen LogP) is 2.05. The van der Waals surface area contributed by atoms with Gasteiger partial charge in [0, 0.05) is 17.4 Å². The molecule has 0 aromatic heterocycles. The molecule has 7 rings (SSSR count). The molecular weight excluding hydrogens is 372 g/mol. The average Bonchev–Trinajstić information content (AvgIpc) is 3.55. The highest BCUT2D eigenvalue weighted by Gasteiger charge is 3.00. The SMILES string of the molecule is C=CCC1OC(=O)C2=C1[C@@H]1C[C@@H]3O[C@@]34[C@H](O)[C@@]3(C(C)C)O[C@H]3[C@@H]3O[C@@]34[C@@]1(C)CC2. The molecular formula is C23H28O6. The molecule has 0 radical (unpaired) electrons. The fourth-order valence-electron chi connectivity index (χ4n) is 8.21. The normalized spacial score (nSPS) is 60.2. The zero-order chi connectivity index (χ0) is 20.1. The molecule has 7 aliphatic rings. The molecule has 6 nitrogen and oxygen atoms in total. The second kappa shape index (κ2) is 4.67. The third-order valence-corrected chi connectivity index (χ3v) is 9.63. The summed E-state index contributed by atoms with van der Waals surface area (Å²) >= 11 is 0. The number of esters is 1. The van der Waals surface area contributed by atoms with Crippen LogP contribution in [-0.4, -0.2) is 58.4 Å². The Kier molecular flexibility index (Phi) is 2.81. The van der Waals surface area contributed by atoms with Gasteiger partial charge in [-0.2, -0.15) is 0 Å². The van der Waals surface area contributed by atoms with E-state index in [-0.39, 0.29) is 47.6 Å². The fourth-order valence-corrected chi connectivity index (χ4v) is 8.21. The molecule has 0 amide bonds. The Morgan fingerprint density at radius 3 is 2.79 bits per heavy atom. The smallest absolute Gasteiger partial charge is 0.334 e. The highest BCUT2D eigenvalue weighted by molar-refractivity contribution is 5.93. The van der Waals surface area contributed by atoms with Crippen molar-refractivity contribution in [1.82, 2.24) is 0 Å². The summed E-state index contributed by atoms with van der Waals surface area (Å²) in [5, 5.41) is 11.6. The largest absolute Gasteiger partial charge is 0.454 e. The van der Waals surface area contributed by atoms with E-state index in [2.05, 4.69) is 27.4 Å². The van der Waals surface area contributed by atoms with Crippen LogP contribution in [0.4, 0.5) is 0 Å². The lowest BCUT2D eigenvalue weighted by molar-refractivity contribution is -0.139. The maximum absolute atomic E-state index is 12.5. The number of ether oxygens (including phenoxy) is 4. The van der Waals surface area contributed by atoms with Crippen LogP contribution in [0.2, 0.25) is 0 Å². The van der Waals surface area contributed by atoms with E-state index < -0.39 is 22.9 Å². The number of aliphatic hydroxyl groups is 1. The van der Waals surface area contributed by atoms with E-state index in [9.17, 15) is 9.90 Å². The van der Waals surface area contributed by atoms with Crippen molar-refractivity contribution in [3.63, 3.8) is 0 Å². The number of hydrogen-bond donors (Lipinski definition) is 1. The lowest BCUT2D eigenvalue weighted by atomic mass is 9.46. The number of aliphatic hydroxyl groups excluding tert-OH is 1. The van der Waals surface area contributed by atoms with Crippen molar-refractivity contribution in [3.05, 3.63) is 23.8 Å². The second-order valence-corrected chi connectivity index (χ2v) is 10.7. The van der Waals surface area contributed by atoms with E-state index in [0.29, 0.717) is 12.8 Å². The predicted molar refractivity (Wildman–Crippen MR) is 101 cm³/mol. The molecule has 156 valence electrons. The number of hydrogen-bond acceptors (Lipinski definition) is 6. The van der Waals surface area contributed by atoms with Gasteiger partial charge in [-0.25, -0.2) is 4.79 Å². The maximum Gasteiger partial charge on any atom is 0.334 e. The molecule has 3 aliphatic carbocycles. The summed E-state index contributed by atoms with van der Waals surface area (Å²) in [4.78, 5) is 12.5. The summed E-state index contributed by atoms with van der Waals surface area (Å²) in [6.45, 7) is 10.4. The number of epoxide rings is 3. The highest BCUT2D eigenvalue weighted by Crippen LogP contribution is 2.83. The van der Waals surface area contributed by atoms with Crippen LogP contribution in [0.15, 0.2) is 23.8 Å². The van der Waals surface area contributed by atoms with Crippen LogP contribution < -0.4 is 0 Å². The molecule has 4 heterocycles. The summed E-state index contributed by atoms with van der Waals surface area (Å²) in [6, 6.07) is 0. The van der Waals surface area contributed by atoms with Crippen LogP contribution in [0, 0.1) is 17.3 Å². The standard InChI is InChI=1S/C23H28O6/c1-5-6-13-15-11(18(24)26-13)7-8-20(4)12(15)9-14-22(27-14)19(25)21(10(2)3)16(28-21)17-23(20,22)29-17/h5,10,12-14,16-17,19,25H,1,6-9H2,2-4H3/t12-,13?,14-,16-,17-,19+,20-,21-,22+,23+/m0/s1. The molecule has 5 fully saturated rings. The van der Waals surface area contributed by atoms with Crippen LogP contribution in [0.1, 0.15) is 46.5 Å². The molecule has 1 N–H and O–H groups in total. The maximum atomic E-state index is 12.5. The van der Waals surface area contributed by atoms with Crippen LogP contribution in [0.25, 0.3) is 0 Å². The van der Waals surface area contributed by atoms with Gasteiger partial charge in [0.15, 0.2) is 5.60 Å². The molecule has 0 bridgehead atoms. The van der Waals surface area contributed by atoms with Crippen molar-refractivity contribution < 1.29 is 28.8 Å². The minimum absolute atomic E-state index is 0.0378. The van der Waals surface area contributed by atoms with Crippen molar-refractivity contribution in [2.24, 2.45) is 17.3 Å². The third-order valence-electron chi connectivity index (χ3n) is 9.63. The minimum Gasteiger partial charge on any atom is -0.454 e. The van der Waals surface area contributed by atoms with Crippen molar-refractivity contribution in [1.29, 1.82) is 0 Å². The van der Waals surface area contributed by atoms with Crippen molar-refractivity contribution in [3.8, 4) is 0 Å². The van der Waals surface area contributed by atoms with Crippen molar-refractivity contribution in [2.45, 2.75) is 93.8 Å². The Balaban J connectivity index is 1.36. The lowest BCUT2D eigenvalue weighted by Gasteiger charge is -2.53. The van der Waals surface area contributed by atoms with Gasteiger partial charge in [-0.3, -0.25) is 0 Å². The Hall–Kier alpha value is -1.21. The van der Waals surface area contributed by atoms with E-state index in [1.54, 1.807) is 0 Å². The average molecular weight is 400 g/mol. The van der Waals surface area contributed by atoms with Crippen LogP contribution in [0.3, 0.4) is 0 Å². The van der Waals surface area contributed by atoms with E-state index >= 15 is 0 Å². The lowest BCUT2D eigenvalue weighted by Crippen LogP contribution is -2.69. The van der Waals surface area contributed by atoms with E-state index in [1.165, 1.54) is 0 Å². The summed E-state index contributed by atoms with van der Waals surface area (Å²) in [7, 11) is 0. The molecule has 0 aromatic rings. The van der Waals surface area contributed by atoms with Gasteiger partial charge in [0.1, 0.15) is 35.6 Å². The Bertz CT molecular complexity index is 909. The molecule has 1 unspecified atom stereocenters. The third kappa shape index (κ3) is 1.50. The second-order valence-electron chi connectivity index (χ2n) is 10.7. The zero-order valence-electron chi connectivity index (χ0n) is 17.1. The van der Waals surface area contributed by atoms with Crippen LogP contribution in [-0.2, 0) is 23.7 Å². The van der Waals surface area contributed by atoms with Gasteiger partial charge in [0.25, 0.3) is 0 Å². The first-order chi connectivity index (χ1) is 13.8. The minimum atomic E-state index is -0.678.